The number of nitrogens with one attached hydrogen (secondary N) is 1. The second kappa shape index (κ2) is 4.37. The van der Waals surface area contributed by atoms with E-state index in [4.69, 9.17) is 12.2 Å². The SMILES string of the molecule is C#Cc1cccc(Nc2cccc(N)n2)c1. The molecule has 0 bridgehead atoms. The maximum Gasteiger partial charge on any atom is 0.132 e. The number of aromatic nitrogens is 1. The van der Waals surface area contributed by atoms with Gasteiger partial charge in [0.15, 0.2) is 0 Å². The molecule has 0 aliphatic rings. The third-order valence-corrected chi connectivity index (χ3v) is 2.07. The second-order valence-electron chi connectivity index (χ2n) is 3.30. The summed E-state index contributed by atoms with van der Waals surface area (Å²) in [6, 6.07) is 13.0. The lowest BCUT2D eigenvalue weighted by Crippen LogP contribution is -1.96. The number of rotatable bonds is 2. The van der Waals surface area contributed by atoms with E-state index in [9.17, 15) is 0 Å². The average molecular weight is 209 g/mol. The Bertz CT molecular complexity index is 541. The van der Waals surface area contributed by atoms with Gasteiger partial charge in [0.1, 0.15) is 11.6 Å². The van der Waals surface area contributed by atoms with Gasteiger partial charge in [-0.25, -0.2) is 4.98 Å². The molecule has 2 aromatic rings. The molecule has 0 saturated carbocycles. The molecule has 78 valence electrons. The topological polar surface area (TPSA) is 50.9 Å². The Morgan fingerprint density at radius 2 is 2.00 bits per heavy atom. The Morgan fingerprint density at radius 3 is 2.75 bits per heavy atom. The van der Waals surface area contributed by atoms with E-state index in [1.165, 1.54) is 0 Å². The standard InChI is InChI=1S/C13H11N3/c1-2-10-5-3-6-11(9-10)15-13-8-4-7-12(14)16-13/h1,3-9H,(H3,14,15,16). The van der Waals surface area contributed by atoms with E-state index in [1.54, 1.807) is 6.07 Å². The summed E-state index contributed by atoms with van der Waals surface area (Å²) in [5.74, 6) is 3.77. The highest BCUT2D eigenvalue weighted by atomic mass is 15.0. The van der Waals surface area contributed by atoms with Crippen molar-refractivity contribution in [1.82, 2.24) is 4.98 Å². The molecule has 0 unspecified atom stereocenters. The van der Waals surface area contributed by atoms with Gasteiger partial charge in [0.2, 0.25) is 0 Å². The summed E-state index contributed by atoms with van der Waals surface area (Å²) in [7, 11) is 0. The van der Waals surface area contributed by atoms with Crippen molar-refractivity contribution < 1.29 is 0 Å². The first-order valence-electron chi connectivity index (χ1n) is 4.84. The Kier molecular flexibility index (Phi) is 2.75. The minimum absolute atomic E-state index is 0.484. The van der Waals surface area contributed by atoms with Gasteiger partial charge in [-0.05, 0) is 30.3 Å². The fraction of sp³-hybridized carbons (Fsp3) is 0. The number of nitrogens with zero attached hydrogens (tertiary/aromatic N) is 1. The molecule has 0 atom stereocenters. The van der Waals surface area contributed by atoms with Gasteiger partial charge >= 0.3 is 0 Å². The molecule has 2 rings (SSSR count). The first-order valence-corrected chi connectivity index (χ1v) is 4.84. The van der Waals surface area contributed by atoms with Crippen molar-refractivity contribution in [2.45, 2.75) is 0 Å². The van der Waals surface area contributed by atoms with Crippen LogP contribution in [0.3, 0.4) is 0 Å². The molecule has 0 fully saturated rings. The summed E-state index contributed by atoms with van der Waals surface area (Å²) in [4.78, 5) is 4.14. The Balaban J connectivity index is 2.24. The van der Waals surface area contributed by atoms with E-state index in [1.807, 2.05) is 36.4 Å². The zero-order valence-electron chi connectivity index (χ0n) is 8.64. The fourth-order valence-corrected chi connectivity index (χ4v) is 1.36. The van der Waals surface area contributed by atoms with Crippen LogP contribution in [0.4, 0.5) is 17.3 Å². The molecule has 3 heteroatoms. The maximum atomic E-state index is 5.58. The minimum Gasteiger partial charge on any atom is -0.384 e. The highest BCUT2D eigenvalue weighted by molar-refractivity contribution is 5.59. The van der Waals surface area contributed by atoms with Gasteiger partial charge in [-0.3, -0.25) is 0 Å². The van der Waals surface area contributed by atoms with Crippen LogP contribution in [0.2, 0.25) is 0 Å². The fourth-order valence-electron chi connectivity index (χ4n) is 1.36. The van der Waals surface area contributed by atoms with Crippen LogP contribution in [0, 0.1) is 12.3 Å². The molecule has 16 heavy (non-hydrogen) atoms. The normalized spacial score (nSPS) is 9.44. The van der Waals surface area contributed by atoms with Crippen LogP contribution in [0.15, 0.2) is 42.5 Å². The van der Waals surface area contributed by atoms with Gasteiger partial charge in [0, 0.05) is 11.3 Å². The van der Waals surface area contributed by atoms with E-state index in [2.05, 4.69) is 16.2 Å². The summed E-state index contributed by atoms with van der Waals surface area (Å²) in [5, 5.41) is 3.13. The number of pyridine rings is 1. The van der Waals surface area contributed by atoms with Crippen molar-refractivity contribution in [3.05, 3.63) is 48.0 Å². The number of terminal acetylenes is 1. The molecule has 0 spiro atoms. The molecule has 0 aliphatic heterocycles. The number of nitrogens with two attached hydrogens (primary N) is 1. The van der Waals surface area contributed by atoms with E-state index < -0.39 is 0 Å². The molecule has 3 nitrogen and oxygen atoms in total. The second-order valence-corrected chi connectivity index (χ2v) is 3.30. The van der Waals surface area contributed by atoms with Crippen LogP contribution in [-0.4, -0.2) is 4.98 Å². The predicted molar refractivity (Wildman–Crippen MR) is 66.3 cm³/mol. The minimum atomic E-state index is 0.484. The average Bonchev–Trinajstić information content (AvgIpc) is 2.29. The summed E-state index contributed by atoms with van der Waals surface area (Å²) >= 11 is 0. The maximum absolute atomic E-state index is 5.58. The number of nitrogen functional groups attached to an aromatic ring is 1. The first-order chi connectivity index (χ1) is 7.78. The van der Waals surface area contributed by atoms with Gasteiger partial charge in [0.05, 0.1) is 0 Å². The van der Waals surface area contributed by atoms with E-state index >= 15 is 0 Å². The van der Waals surface area contributed by atoms with E-state index in [-0.39, 0.29) is 0 Å². The smallest absolute Gasteiger partial charge is 0.132 e. The van der Waals surface area contributed by atoms with Gasteiger partial charge in [0.25, 0.3) is 0 Å². The molecule has 0 saturated heterocycles. The van der Waals surface area contributed by atoms with Crippen LogP contribution in [0.1, 0.15) is 5.56 Å². The van der Waals surface area contributed by atoms with Crippen LogP contribution in [0.25, 0.3) is 0 Å². The van der Waals surface area contributed by atoms with Crippen molar-refractivity contribution in [2.75, 3.05) is 11.1 Å². The van der Waals surface area contributed by atoms with Gasteiger partial charge < -0.3 is 11.1 Å². The number of hydrogen-bond donors (Lipinski definition) is 2. The monoisotopic (exact) mass is 209 g/mol. The summed E-state index contributed by atoms with van der Waals surface area (Å²) < 4.78 is 0. The molecule has 0 radical (unpaired) electrons. The first kappa shape index (κ1) is 10.1. The number of benzene rings is 1. The summed E-state index contributed by atoms with van der Waals surface area (Å²) in [6.45, 7) is 0. The zero-order valence-corrected chi connectivity index (χ0v) is 8.64. The summed E-state index contributed by atoms with van der Waals surface area (Å²) in [6.07, 6.45) is 5.32. The highest BCUT2D eigenvalue weighted by Gasteiger charge is 1.96. The molecular weight excluding hydrogens is 198 g/mol. The van der Waals surface area contributed by atoms with Crippen molar-refractivity contribution in [3.8, 4) is 12.3 Å². The lowest BCUT2D eigenvalue weighted by atomic mass is 10.2. The third kappa shape index (κ3) is 2.31. The molecule has 0 amide bonds. The van der Waals surface area contributed by atoms with Crippen LogP contribution in [0.5, 0.6) is 0 Å². The quantitative estimate of drug-likeness (QED) is 0.747. The van der Waals surface area contributed by atoms with Crippen molar-refractivity contribution in [2.24, 2.45) is 0 Å². The highest BCUT2D eigenvalue weighted by Crippen LogP contribution is 2.16. The lowest BCUT2D eigenvalue weighted by Gasteiger charge is -2.06. The third-order valence-electron chi connectivity index (χ3n) is 2.07. The van der Waals surface area contributed by atoms with E-state index in [0.717, 1.165) is 11.3 Å². The van der Waals surface area contributed by atoms with Crippen molar-refractivity contribution >= 4 is 17.3 Å². The molecular formula is C13H11N3. The molecule has 0 aliphatic carbocycles. The zero-order chi connectivity index (χ0) is 11.4. The Hall–Kier alpha value is -2.47. The lowest BCUT2D eigenvalue weighted by molar-refractivity contribution is 1.31. The van der Waals surface area contributed by atoms with Crippen molar-refractivity contribution in [3.63, 3.8) is 0 Å². The summed E-state index contributed by atoms with van der Waals surface area (Å²) in [5.41, 5.74) is 7.31. The van der Waals surface area contributed by atoms with E-state index in [0.29, 0.717) is 11.6 Å². The van der Waals surface area contributed by atoms with Crippen LogP contribution in [-0.2, 0) is 0 Å². The van der Waals surface area contributed by atoms with Crippen LogP contribution >= 0.6 is 0 Å². The molecule has 3 N–H and O–H groups in total. The predicted octanol–water partition coefficient (Wildman–Crippen LogP) is 2.39. The number of hydrogen-bond acceptors (Lipinski definition) is 3. The van der Waals surface area contributed by atoms with Gasteiger partial charge in [-0.1, -0.05) is 18.1 Å². The molecule has 1 heterocycles. The molecule has 1 aromatic heterocycles. The largest absolute Gasteiger partial charge is 0.384 e. The van der Waals surface area contributed by atoms with Gasteiger partial charge in [-0.15, -0.1) is 6.42 Å². The molecule has 1 aromatic carbocycles. The Morgan fingerprint density at radius 1 is 1.19 bits per heavy atom. The van der Waals surface area contributed by atoms with Crippen LogP contribution < -0.4 is 11.1 Å². The number of anilines is 3. The van der Waals surface area contributed by atoms with Crippen molar-refractivity contribution in [1.29, 1.82) is 0 Å². The van der Waals surface area contributed by atoms with Gasteiger partial charge in [-0.2, -0.15) is 0 Å². The Labute approximate surface area is 94.3 Å².